The number of aromatic nitrogens is 2. The van der Waals surface area contributed by atoms with Crippen LogP contribution in [0.3, 0.4) is 0 Å². The monoisotopic (exact) mass is 274 g/mol. The third-order valence-electron chi connectivity index (χ3n) is 2.77. The summed E-state index contributed by atoms with van der Waals surface area (Å²) in [7, 11) is 0. The number of hydrogen-bond acceptors (Lipinski definition) is 3. The second-order valence-corrected chi connectivity index (χ2v) is 5.07. The number of imidazole rings is 1. The molecular weight excluding hydrogens is 263 g/mol. The van der Waals surface area contributed by atoms with Crippen molar-refractivity contribution in [3.8, 4) is 0 Å². The summed E-state index contributed by atoms with van der Waals surface area (Å²) in [5.74, 6) is -0.262. The van der Waals surface area contributed by atoms with E-state index in [2.05, 4.69) is 4.98 Å². The van der Waals surface area contributed by atoms with Gasteiger partial charge in [-0.2, -0.15) is 0 Å². The second-order valence-electron chi connectivity index (χ2n) is 4.01. The van der Waals surface area contributed by atoms with Gasteiger partial charge in [-0.05, 0) is 36.4 Å². The van der Waals surface area contributed by atoms with Crippen LogP contribution in [0, 0.1) is 5.82 Å². The fourth-order valence-electron chi connectivity index (χ4n) is 1.86. The Bertz CT molecular complexity index is 709. The molecule has 0 aliphatic heterocycles. The van der Waals surface area contributed by atoms with Gasteiger partial charge in [0.25, 0.3) is 0 Å². The first-order valence-corrected chi connectivity index (χ1v) is 6.60. The average Bonchev–Trinajstić information content (AvgIpc) is 2.78. The molecule has 3 rings (SSSR count). The predicted molar refractivity (Wildman–Crippen MR) is 71.6 cm³/mol. The summed E-state index contributed by atoms with van der Waals surface area (Å²) in [6.45, 7) is -0.0886. The second kappa shape index (κ2) is 5.03. The molecule has 0 radical (unpaired) electrons. The molecule has 96 valence electrons. The molecule has 1 N–H and O–H groups in total. The SMILES string of the molecule is OCc1c(Sc2ccc(F)cc2)nc2ccccn12. The molecule has 3 aromatic rings. The van der Waals surface area contributed by atoms with E-state index in [-0.39, 0.29) is 12.4 Å². The van der Waals surface area contributed by atoms with Crippen molar-refractivity contribution >= 4 is 17.4 Å². The highest BCUT2D eigenvalue weighted by Gasteiger charge is 2.12. The van der Waals surface area contributed by atoms with E-state index >= 15 is 0 Å². The number of nitrogens with zero attached hydrogens (tertiary/aromatic N) is 2. The Hall–Kier alpha value is -1.85. The summed E-state index contributed by atoms with van der Waals surface area (Å²) in [6.07, 6.45) is 1.86. The fraction of sp³-hybridized carbons (Fsp3) is 0.0714. The van der Waals surface area contributed by atoms with Gasteiger partial charge < -0.3 is 9.51 Å². The van der Waals surface area contributed by atoms with Gasteiger partial charge in [-0.3, -0.25) is 0 Å². The van der Waals surface area contributed by atoms with E-state index < -0.39 is 0 Å². The topological polar surface area (TPSA) is 37.5 Å². The Morgan fingerprint density at radius 2 is 1.95 bits per heavy atom. The van der Waals surface area contributed by atoms with Gasteiger partial charge >= 0.3 is 0 Å². The van der Waals surface area contributed by atoms with Crippen molar-refractivity contribution in [3.63, 3.8) is 0 Å². The lowest BCUT2D eigenvalue weighted by molar-refractivity contribution is 0.272. The summed E-state index contributed by atoms with van der Waals surface area (Å²) in [5.41, 5.74) is 1.53. The zero-order valence-electron chi connectivity index (χ0n) is 9.95. The Labute approximate surface area is 113 Å². The number of rotatable bonds is 3. The highest BCUT2D eigenvalue weighted by molar-refractivity contribution is 7.99. The van der Waals surface area contributed by atoms with Crippen LogP contribution in [0.2, 0.25) is 0 Å². The van der Waals surface area contributed by atoms with E-state index in [9.17, 15) is 9.50 Å². The van der Waals surface area contributed by atoms with Crippen LogP contribution in [-0.4, -0.2) is 14.5 Å². The summed E-state index contributed by atoms with van der Waals surface area (Å²) in [6, 6.07) is 11.9. The summed E-state index contributed by atoms with van der Waals surface area (Å²) >= 11 is 1.41. The van der Waals surface area contributed by atoms with Crippen LogP contribution >= 0.6 is 11.8 Å². The molecule has 5 heteroatoms. The first-order valence-electron chi connectivity index (χ1n) is 5.78. The molecule has 0 amide bonds. The third kappa shape index (κ3) is 2.34. The van der Waals surface area contributed by atoms with Crippen molar-refractivity contribution in [2.75, 3.05) is 0 Å². The quantitative estimate of drug-likeness (QED) is 0.797. The predicted octanol–water partition coefficient (Wildman–Crippen LogP) is 3.12. The Morgan fingerprint density at radius 1 is 1.16 bits per heavy atom. The van der Waals surface area contributed by atoms with E-state index in [1.807, 2.05) is 28.8 Å². The van der Waals surface area contributed by atoms with Crippen LogP contribution in [0.25, 0.3) is 5.65 Å². The van der Waals surface area contributed by atoms with Crippen molar-refractivity contribution in [2.45, 2.75) is 16.5 Å². The number of fused-ring (bicyclic) bond motifs is 1. The van der Waals surface area contributed by atoms with Gasteiger partial charge in [-0.15, -0.1) is 0 Å². The maximum absolute atomic E-state index is 12.9. The van der Waals surface area contributed by atoms with E-state index in [4.69, 9.17) is 0 Å². The molecule has 0 atom stereocenters. The molecule has 2 aromatic heterocycles. The number of pyridine rings is 1. The Balaban J connectivity index is 2.02. The normalized spacial score (nSPS) is 11.1. The molecule has 0 fully saturated rings. The molecule has 2 heterocycles. The van der Waals surface area contributed by atoms with Crippen molar-refractivity contribution in [3.05, 3.63) is 60.2 Å². The minimum Gasteiger partial charge on any atom is -0.390 e. The van der Waals surface area contributed by atoms with Crippen molar-refractivity contribution in [2.24, 2.45) is 0 Å². The van der Waals surface area contributed by atoms with Gasteiger partial charge in [0.15, 0.2) is 0 Å². The zero-order valence-corrected chi connectivity index (χ0v) is 10.8. The molecule has 0 saturated carbocycles. The minimum absolute atomic E-state index is 0.0886. The molecule has 0 unspecified atom stereocenters. The fourth-order valence-corrected chi connectivity index (χ4v) is 2.78. The molecular formula is C14H11FN2OS. The Morgan fingerprint density at radius 3 is 2.68 bits per heavy atom. The molecule has 19 heavy (non-hydrogen) atoms. The highest BCUT2D eigenvalue weighted by Crippen LogP contribution is 2.30. The van der Waals surface area contributed by atoms with Crippen LogP contribution in [0.5, 0.6) is 0 Å². The molecule has 1 aromatic carbocycles. The smallest absolute Gasteiger partial charge is 0.138 e. The van der Waals surface area contributed by atoms with Crippen LogP contribution in [0.4, 0.5) is 4.39 Å². The molecule has 0 saturated heterocycles. The lowest BCUT2D eigenvalue weighted by Crippen LogP contribution is -1.92. The van der Waals surface area contributed by atoms with Gasteiger partial charge in [0.2, 0.25) is 0 Å². The van der Waals surface area contributed by atoms with E-state index in [1.165, 1.54) is 23.9 Å². The van der Waals surface area contributed by atoms with Gasteiger partial charge in [-0.25, -0.2) is 9.37 Å². The first kappa shape index (κ1) is 12.2. The minimum atomic E-state index is -0.262. The van der Waals surface area contributed by atoms with Crippen molar-refractivity contribution < 1.29 is 9.50 Å². The maximum atomic E-state index is 12.9. The summed E-state index contributed by atoms with van der Waals surface area (Å²) in [4.78, 5) is 5.36. The zero-order chi connectivity index (χ0) is 13.2. The summed E-state index contributed by atoms with van der Waals surface area (Å²) in [5, 5.41) is 10.2. The molecule has 0 spiro atoms. The van der Waals surface area contributed by atoms with Gasteiger partial charge in [0.1, 0.15) is 16.5 Å². The van der Waals surface area contributed by atoms with Crippen LogP contribution < -0.4 is 0 Å². The van der Waals surface area contributed by atoms with Gasteiger partial charge in [0, 0.05) is 11.1 Å². The number of benzene rings is 1. The largest absolute Gasteiger partial charge is 0.390 e. The van der Waals surface area contributed by atoms with Crippen molar-refractivity contribution in [1.82, 2.24) is 9.38 Å². The standard InChI is InChI=1S/C14H11FN2OS/c15-10-4-6-11(7-5-10)19-14-12(9-18)17-8-2-1-3-13(17)16-14/h1-8,18H,9H2. The molecule has 3 nitrogen and oxygen atoms in total. The highest BCUT2D eigenvalue weighted by atomic mass is 32.2. The van der Waals surface area contributed by atoms with E-state index in [1.54, 1.807) is 12.1 Å². The van der Waals surface area contributed by atoms with Gasteiger partial charge in [-0.1, -0.05) is 17.8 Å². The lowest BCUT2D eigenvalue weighted by atomic mass is 10.4. The number of hydrogen-bond donors (Lipinski definition) is 1. The van der Waals surface area contributed by atoms with Crippen molar-refractivity contribution in [1.29, 1.82) is 0 Å². The average molecular weight is 274 g/mol. The lowest BCUT2D eigenvalue weighted by Gasteiger charge is -2.01. The third-order valence-corrected chi connectivity index (χ3v) is 3.80. The first-order chi connectivity index (χ1) is 9.28. The Kier molecular flexibility index (Phi) is 3.23. The van der Waals surface area contributed by atoms with Crippen LogP contribution in [-0.2, 0) is 6.61 Å². The van der Waals surface area contributed by atoms with E-state index in [0.717, 1.165) is 21.3 Å². The van der Waals surface area contributed by atoms with Crippen LogP contribution in [0.1, 0.15) is 5.69 Å². The number of aliphatic hydroxyl groups excluding tert-OH is 1. The van der Waals surface area contributed by atoms with Crippen LogP contribution in [0.15, 0.2) is 58.6 Å². The molecule has 0 bridgehead atoms. The molecule has 0 aliphatic rings. The number of aliphatic hydroxyl groups is 1. The molecule has 0 aliphatic carbocycles. The summed E-state index contributed by atoms with van der Waals surface area (Å²) < 4.78 is 14.7. The van der Waals surface area contributed by atoms with Gasteiger partial charge in [0.05, 0.1) is 12.3 Å². The van der Waals surface area contributed by atoms with E-state index in [0.29, 0.717) is 0 Å². The maximum Gasteiger partial charge on any atom is 0.138 e. The number of halogens is 1.